The summed E-state index contributed by atoms with van der Waals surface area (Å²) in [6.07, 6.45) is 1.10. The first kappa shape index (κ1) is 21.8. The topological polar surface area (TPSA) is 33.3 Å². The molecule has 2 N–H and O–H groups in total. The smallest absolute Gasteiger partial charge is 0.175 e. The standard InChI is InChI=1S/C26H30N2OS/c1-6-26(4,5)20-7-11-23(12-8-20)29-24-13-9-21(10-14-24)27-25(30)28-22-16-18(2)15-19(3)17-22/h7-17H,6H2,1-5H3,(H2,27,28,30). The molecule has 4 heteroatoms. The first-order valence-corrected chi connectivity index (χ1v) is 10.7. The highest BCUT2D eigenvalue weighted by Crippen LogP contribution is 2.30. The second-order valence-electron chi connectivity index (χ2n) is 8.34. The average molecular weight is 419 g/mol. The van der Waals surface area contributed by atoms with Crippen molar-refractivity contribution in [3.05, 3.63) is 83.4 Å². The van der Waals surface area contributed by atoms with Crippen LogP contribution in [-0.2, 0) is 5.41 Å². The number of thiocarbonyl (C=S) groups is 1. The molecule has 0 aliphatic rings. The lowest BCUT2D eigenvalue weighted by Gasteiger charge is -2.23. The Bertz CT molecular complexity index is 988. The molecular weight excluding hydrogens is 388 g/mol. The quantitative estimate of drug-likeness (QED) is 0.404. The van der Waals surface area contributed by atoms with Crippen LogP contribution in [0.2, 0.25) is 0 Å². The number of ether oxygens (including phenoxy) is 1. The summed E-state index contributed by atoms with van der Waals surface area (Å²) in [6, 6.07) is 22.4. The van der Waals surface area contributed by atoms with Gasteiger partial charge in [-0.25, -0.2) is 0 Å². The molecule has 0 radical (unpaired) electrons. The van der Waals surface area contributed by atoms with Crippen LogP contribution in [0, 0.1) is 13.8 Å². The highest BCUT2D eigenvalue weighted by molar-refractivity contribution is 7.80. The molecule has 0 amide bonds. The number of benzene rings is 3. The van der Waals surface area contributed by atoms with E-state index in [9.17, 15) is 0 Å². The van der Waals surface area contributed by atoms with Gasteiger partial charge in [-0.05, 0) is 103 Å². The molecule has 30 heavy (non-hydrogen) atoms. The van der Waals surface area contributed by atoms with E-state index in [2.05, 4.69) is 75.6 Å². The molecule has 0 aliphatic heterocycles. The van der Waals surface area contributed by atoms with Crippen molar-refractivity contribution in [2.45, 2.75) is 46.5 Å². The van der Waals surface area contributed by atoms with Gasteiger partial charge in [-0.2, -0.15) is 0 Å². The molecule has 0 saturated carbocycles. The lowest BCUT2D eigenvalue weighted by molar-refractivity contribution is 0.478. The molecule has 0 aliphatic carbocycles. The Labute approximate surface area is 185 Å². The Morgan fingerprint density at radius 2 is 1.30 bits per heavy atom. The van der Waals surface area contributed by atoms with Gasteiger partial charge in [-0.1, -0.05) is 39.0 Å². The molecule has 3 aromatic rings. The Kier molecular flexibility index (Phi) is 6.78. The molecule has 0 bridgehead atoms. The van der Waals surface area contributed by atoms with Gasteiger partial charge >= 0.3 is 0 Å². The first-order chi connectivity index (χ1) is 14.2. The van der Waals surface area contributed by atoms with Crippen LogP contribution in [-0.4, -0.2) is 5.11 Å². The summed E-state index contributed by atoms with van der Waals surface area (Å²) in [5.41, 5.74) is 5.79. The summed E-state index contributed by atoms with van der Waals surface area (Å²) in [5, 5.41) is 7.01. The van der Waals surface area contributed by atoms with Gasteiger partial charge < -0.3 is 15.4 Å². The Morgan fingerprint density at radius 1 is 0.800 bits per heavy atom. The van der Waals surface area contributed by atoms with Crippen LogP contribution in [0.15, 0.2) is 66.7 Å². The number of hydrogen-bond acceptors (Lipinski definition) is 2. The minimum absolute atomic E-state index is 0.176. The molecule has 3 nitrogen and oxygen atoms in total. The van der Waals surface area contributed by atoms with Crippen molar-refractivity contribution in [1.29, 1.82) is 0 Å². The maximum atomic E-state index is 5.99. The zero-order valence-electron chi connectivity index (χ0n) is 18.4. The van der Waals surface area contributed by atoms with Gasteiger partial charge in [0.2, 0.25) is 0 Å². The summed E-state index contributed by atoms with van der Waals surface area (Å²) in [5.74, 6) is 1.62. The predicted molar refractivity (Wildman–Crippen MR) is 132 cm³/mol. The molecule has 156 valence electrons. The second kappa shape index (κ2) is 9.31. The Morgan fingerprint density at radius 3 is 1.83 bits per heavy atom. The maximum Gasteiger partial charge on any atom is 0.175 e. The Balaban J connectivity index is 1.59. The number of rotatable bonds is 6. The molecule has 3 aromatic carbocycles. The highest BCUT2D eigenvalue weighted by atomic mass is 32.1. The minimum Gasteiger partial charge on any atom is -0.457 e. The number of aryl methyl sites for hydroxylation is 2. The van der Waals surface area contributed by atoms with Crippen LogP contribution in [0.1, 0.15) is 43.9 Å². The second-order valence-corrected chi connectivity index (χ2v) is 8.75. The van der Waals surface area contributed by atoms with Gasteiger partial charge in [0.1, 0.15) is 11.5 Å². The highest BCUT2D eigenvalue weighted by Gasteiger charge is 2.17. The van der Waals surface area contributed by atoms with E-state index in [4.69, 9.17) is 17.0 Å². The third kappa shape index (κ3) is 5.83. The molecule has 3 rings (SSSR count). The summed E-state index contributed by atoms with van der Waals surface area (Å²) in [7, 11) is 0. The number of hydrogen-bond donors (Lipinski definition) is 2. The fourth-order valence-corrected chi connectivity index (χ4v) is 3.50. The summed E-state index contributed by atoms with van der Waals surface area (Å²) in [4.78, 5) is 0. The third-order valence-corrected chi connectivity index (χ3v) is 5.55. The van der Waals surface area contributed by atoms with Gasteiger partial charge in [0, 0.05) is 11.4 Å². The van der Waals surface area contributed by atoms with E-state index in [-0.39, 0.29) is 5.41 Å². The van der Waals surface area contributed by atoms with Crippen molar-refractivity contribution in [3.63, 3.8) is 0 Å². The van der Waals surface area contributed by atoms with E-state index in [1.165, 1.54) is 16.7 Å². The maximum absolute atomic E-state index is 5.99. The van der Waals surface area contributed by atoms with Crippen LogP contribution < -0.4 is 15.4 Å². The largest absolute Gasteiger partial charge is 0.457 e. The van der Waals surface area contributed by atoms with E-state index in [0.29, 0.717) is 5.11 Å². The van der Waals surface area contributed by atoms with Crippen molar-refractivity contribution in [3.8, 4) is 11.5 Å². The SMILES string of the molecule is CCC(C)(C)c1ccc(Oc2ccc(NC(=S)Nc3cc(C)cc(C)c3)cc2)cc1. The number of nitrogens with one attached hydrogen (secondary N) is 2. The van der Waals surface area contributed by atoms with E-state index >= 15 is 0 Å². The molecule has 0 atom stereocenters. The monoisotopic (exact) mass is 418 g/mol. The summed E-state index contributed by atoms with van der Waals surface area (Å²) < 4.78 is 5.99. The van der Waals surface area contributed by atoms with E-state index in [1.807, 2.05) is 36.4 Å². The zero-order valence-corrected chi connectivity index (χ0v) is 19.2. The first-order valence-electron chi connectivity index (χ1n) is 10.3. The molecule has 0 aromatic heterocycles. The average Bonchev–Trinajstić information content (AvgIpc) is 2.69. The van der Waals surface area contributed by atoms with Crippen LogP contribution in [0.3, 0.4) is 0 Å². The molecular formula is C26H30N2OS. The fourth-order valence-electron chi connectivity index (χ4n) is 3.26. The Hall–Kier alpha value is -2.85. The molecule has 0 unspecified atom stereocenters. The van der Waals surface area contributed by atoms with Gasteiger partial charge in [0.25, 0.3) is 0 Å². The van der Waals surface area contributed by atoms with E-state index in [1.54, 1.807) is 0 Å². The van der Waals surface area contributed by atoms with Gasteiger partial charge in [-0.3, -0.25) is 0 Å². The van der Waals surface area contributed by atoms with E-state index in [0.717, 1.165) is 29.3 Å². The van der Waals surface area contributed by atoms with Crippen molar-refractivity contribution >= 4 is 28.7 Å². The van der Waals surface area contributed by atoms with Crippen LogP contribution in [0.5, 0.6) is 11.5 Å². The van der Waals surface area contributed by atoms with Gasteiger partial charge in [-0.15, -0.1) is 0 Å². The van der Waals surface area contributed by atoms with E-state index < -0.39 is 0 Å². The van der Waals surface area contributed by atoms with Crippen LogP contribution >= 0.6 is 12.2 Å². The molecule has 0 heterocycles. The normalized spacial score (nSPS) is 11.1. The summed E-state index contributed by atoms with van der Waals surface area (Å²) >= 11 is 5.44. The van der Waals surface area contributed by atoms with Crippen molar-refractivity contribution in [2.24, 2.45) is 0 Å². The van der Waals surface area contributed by atoms with Crippen molar-refractivity contribution < 1.29 is 4.74 Å². The molecule has 0 spiro atoms. The van der Waals surface area contributed by atoms with Crippen molar-refractivity contribution in [2.75, 3.05) is 10.6 Å². The zero-order chi connectivity index (χ0) is 21.7. The third-order valence-electron chi connectivity index (χ3n) is 5.35. The minimum atomic E-state index is 0.176. The predicted octanol–water partition coefficient (Wildman–Crippen LogP) is 7.59. The van der Waals surface area contributed by atoms with Gasteiger partial charge in [0.15, 0.2) is 5.11 Å². The summed E-state index contributed by atoms with van der Waals surface area (Å²) in [6.45, 7) is 10.9. The van der Waals surface area contributed by atoms with Gasteiger partial charge in [0.05, 0.1) is 0 Å². The van der Waals surface area contributed by atoms with Crippen LogP contribution in [0.25, 0.3) is 0 Å². The number of anilines is 2. The molecule has 0 saturated heterocycles. The lowest BCUT2D eigenvalue weighted by Crippen LogP contribution is -2.19. The fraction of sp³-hybridized carbons (Fsp3) is 0.269. The van der Waals surface area contributed by atoms with Crippen LogP contribution in [0.4, 0.5) is 11.4 Å². The molecule has 0 fully saturated rings. The van der Waals surface area contributed by atoms with Crippen molar-refractivity contribution in [1.82, 2.24) is 0 Å². The lowest BCUT2D eigenvalue weighted by atomic mass is 9.82.